The van der Waals surface area contributed by atoms with Gasteiger partial charge in [0.1, 0.15) is 24.4 Å². The minimum atomic E-state index is -0.0856. The molecule has 2 saturated heterocycles. The minimum Gasteiger partial charge on any atom is -0.370 e. The predicted molar refractivity (Wildman–Crippen MR) is 99.5 cm³/mol. The fraction of sp³-hybridized carbons (Fsp3) is 0.400. The van der Waals surface area contributed by atoms with Crippen LogP contribution in [0, 0.1) is 0 Å². The first-order chi connectivity index (χ1) is 12.7. The molecule has 138 valence electrons. The average Bonchev–Trinajstić information content (AvgIpc) is 3.23. The van der Waals surface area contributed by atoms with Crippen LogP contribution >= 0.6 is 23.2 Å². The maximum atomic E-state index is 6.00. The number of benzene rings is 2. The molecular weight excluding hydrogens is 375 g/mol. The second kappa shape index (κ2) is 8.26. The fourth-order valence-corrected chi connectivity index (χ4v) is 3.53. The Bertz CT molecular complexity index is 656. The first kappa shape index (κ1) is 18.2. The highest BCUT2D eigenvalue weighted by atomic mass is 35.5. The molecule has 2 unspecified atom stereocenters. The van der Waals surface area contributed by atoms with Crippen molar-refractivity contribution in [2.75, 3.05) is 13.2 Å². The van der Waals surface area contributed by atoms with E-state index >= 15 is 0 Å². The summed E-state index contributed by atoms with van der Waals surface area (Å²) in [5, 5.41) is 1.44. The van der Waals surface area contributed by atoms with Crippen LogP contribution < -0.4 is 0 Å². The Morgan fingerprint density at radius 1 is 0.692 bits per heavy atom. The summed E-state index contributed by atoms with van der Waals surface area (Å²) in [6.07, 6.45) is -0.338. The summed E-state index contributed by atoms with van der Waals surface area (Å²) in [5.74, 6) is 0. The van der Waals surface area contributed by atoms with Crippen LogP contribution in [0.4, 0.5) is 0 Å². The molecule has 0 saturated carbocycles. The standard InChI is InChI=1S/C20H20Cl2O4/c21-15-5-1-13(2-6-15)9-23-17-11-25-20-18(12-26-19(17)20)24-10-14-3-7-16(22)8-4-14/h1-8,17-20H,9-12H2/t17-,18+,19?,20?. The molecule has 2 aliphatic rings. The first-order valence-electron chi connectivity index (χ1n) is 8.64. The van der Waals surface area contributed by atoms with Gasteiger partial charge in [-0.15, -0.1) is 0 Å². The number of rotatable bonds is 6. The topological polar surface area (TPSA) is 36.9 Å². The maximum absolute atomic E-state index is 6.00. The molecule has 0 aliphatic carbocycles. The van der Waals surface area contributed by atoms with E-state index in [0.717, 1.165) is 21.2 Å². The summed E-state index contributed by atoms with van der Waals surface area (Å²) in [6, 6.07) is 15.3. The van der Waals surface area contributed by atoms with Crippen LogP contribution in [0.3, 0.4) is 0 Å². The molecule has 4 atom stereocenters. The third-order valence-electron chi connectivity index (χ3n) is 4.72. The Balaban J connectivity index is 1.28. The summed E-state index contributed by atoms with van der Waals surface area (Å²) in [6.45, 7) is 2.05. The van der Waals surface area contributed by atoms with E-state index in [2.05, 4.69) is 0 Å². The molecule has 2 aromatic carbocycles. The predicted octanol–water partition coefficient (Wildman–Crippen LogP) is 4.26. The van der Waals surface area contributed by atoms with Gasteiger partial charge < -0.3 is 18.9 Å². The van der Waals surface area contributed by atoms with Gasteiger partial charge >= 0.3 is 0 Å². The van der Waals surface area contributed by atoms with E-state index in [1.807, 2.05) is 48.5 Å². The van der Waals surface area contributed by atoms with Crippen LogP contribution in [0.15, 0.2) is 48.5 Å². The number of halogens is 2. The second-order valence-corrected chi connectivity index (χ2v) is 7.42. The first-order valence-corrected chi connectivity index (χ1v) is 9.40. The van der Waals surface area contributed by atoms with Crippen molar-refractivity contribution in [3.63, 3.8) is 0 Å². The molecule has 0 amide bonds. The van der Waals surface area contributed by atoms with Crippen LogP contribution in [-0.2, 0) is 32.2 Å². The lowest BCUT2D eigenvalue weighted by molar-refractivity contribution is -0.0580. The van der Waals surface area contributed by atoms with Crippen molar-refractivity contribution in [1.82, 2.24) is 0 Å². The van der Waals surface area contributed by atoms with E-state index in [4.69, 9.17) is 42.1 Å². The maximum Gasteiger partial charge on any atom is 0.115 e. The highest BCUT2D eigenvalue weighted by molar-refractivity contribution is 6.30. The van der Waals surface area contributed by atoms with Gasteiger partial charge in [0.25, 0.3) is 0 Å². The molecule has 0 bridgehead atoms. The largest absolute Gasteiger partial charge is 0.370 e. The normalized spacial score (nSPS) is 27.6. The summed E-state index contributed by atoms with van der Waals surface area (Å²) in [4.78, 5) is 0. The van der Waals surface area contributed by atoms with Crippen molar-refractivity contribution >= 4 is 23.2 Å². The number of fused-ring (bicyclic) bond motifs is 1. The lowest BCUT2D eigenvalue weighted by Crippen LogP contribution is -2.34. The smallest absolute Gasteiger partial charge is 0.115 e. The van der Waals surface area contributed by atoms with Gasteiger partial charge in [-0.05, 0) is 35.4 Å². The van der Waals surface area contributed by atoms with Gasteiger partial charge in [-0.25, -0.2) is 0 Å². The molecule has 0 N–H and O–H groups in total. The van der Waals surface area contributed by atoms with E-state index in [-0.39, 0.29) is 24.4 Å². The Labute approximate surface area is 162 Å². The van der Waals surface area contributed by atoms with Crippen LogP contribution in [0.1, 0.15) is 11.1 Å². The third kappa shape index (κ3) is 4.22. The van der Waals surface area contributed by atoms with Crippen molar-refractivity contribution in [2.45, 2.75) is 37.6 Å². The van der Waals surface area contributed by atoms with Crippen molar-refractivity contribution < 1.29 is 18.9 Å². The van der Waals surface area contributed by atoms with Crippen molar-refractivity contribution in [2.24, 2.45) is 0 Å². The minimum absolute atomic E-state index is 0.0835. The van der Waals surface area contributed by atoms with Gasteiger partial charge in [-0.2, -0.15) is 0 Å². The molecule has 6 heteroatoms. The van der Waals surface area contributed by atoms with Crippen molar-refractivity contribution in [1.29, 1.82) is 0 Å². The van der Waals surface area contributed by atoms with E-state index in [1.165, 1.54) is 0 Å². The summed E-state index contributed by atoms with van der Waals surface area (Å²) in [5.41, 5.74) is 2.15. The molecule has 0 aromatic heterocycles. The molecule has 2 fully saturated rings. The van der Waals surface area contributed by atoms with Crippen LogP contribution in [0.5, 0.6) is 0 Å². The van der Waals surface area contributed by atoms with Crippen LogP contribution in [0.25, 0.3) is 0 Å². The van der Waals surface area contributed by atoms with E-state index in [0.29, 0.717) is 26.4 Å². The number of ether oxygens (including phenoxy) is 4. The van der Waals surface area contributed by atoms with Gasteiger partial charge in [0.15, 0.2) is 0 Å². The molecule has 2 heterocycles. The Hall–Kier alpha value is -1.14. The Morgan fingerprint density at radius 3 is 1.46 bits per heavy atom. The zero-order chi connectivity index (χ0) is 17.9. The molecule has 2 aromatic rings. The van der Waals surface area contributed by atoms with Crippen molar-refractivity contribution in [3.05, 3.63) is 69.7 Å². The van der Waals surface area contributed by atoms with Gasteiger partial charge in [0, 0.05) is 10.0 Å². The van der Waals surface area contributed by atoms with Gasteiger partial charge in [-0.1, -0.05) is 47.5 Å². The zero-order valence-electron chi connectivity index (χ0n) is 14.1. The third-order valence-corrected chi connectivity index (χ3v) is 5.22. The number of hydrogen-bond donors (Lipinski definition) is 0. The molecule has 0 spiro atoms. The van der Waals surface area contributed by atoms with Crippen LogP contribution in [0.2, 0.25) is 10.0 Å². The molecule has 2 aliphatic heterocycles. The Kier molecular flexibility index (Phi) is 5.79. The summed E-state index contributed by atoms with van der Waals surface area (Å²) >= 11 is 11.8. The highest BCUT2D eigenvalue weighted by Gasteiger charge is 2.48. The fourth-order valence-electron chi connectivity index (χ4n) is 3.28. The van der Waals surface area contributed by atoms with E-state index < -0.39 is 0 Å². The van der Waals surface area contributed by atoms with Crippen molar-refractivity contribution in [3.8, 4) is 0 Å². The quantitative estimate of drug-likeness (QED) is 0.733. The van der Waals surface area contributed by atoms with Gasteiger partial charge in [0.05, 0.1) is 26.4 Å². The highest BCUT2D eigenvalue weighted by Crippen LogP contribution is 2.31. The average molecular weight is 395 g/mol. The number of hydrogen-bond acceptors (Lipinski definition) is 4. The lowest BCUT2D eigenvalue weighted by Gasteiger charge is -2.17. The monoisotopic (exact) mass is 394 g/mol. The SMILES string of the molecule is Clc1ccc(CO[C@H]2COC3C2OC[C@H]3OCc2ccc(Cl)cc2)cc1. The van der Waals surface area contributed by atoms with E-state index in [9.17, 15) is 0 Å². The van der Waals surface area contributed by atoms with Gasteiger partial charge in [-0.3, -0.25) is 0 Å². The molecule has 26 heavy (non-hydrogen) atoms. The van der Waals surface area contributed by atoms with E-state index in [1.54, 1.807) is 0 Å². The van der Waals surface area contributed by atoms with Gasteiger partial charge in [0.2, 0.25) is 0 Å². The lowest BCUT2D eigenvalue weighted by atomic mass is 10.1. The Morgan fingerprint density at radius 2 is 1.08 bits per heavy atom. The van der Waals surface area contributed by atoms with Crippen LogP contribution in [-0.4, -0.2) is 37.6 Å². The molecule has 0 radical (unpaired) electrons. The summed E-state index contributed by atoms with van der Waals surface area (Å²) < 4.78 is 23.8. The summed E-state index contributed by atoms with van der Waals surface area (Å²) in [7, 11) is 0. The molecule has 4 rings (SSSR count). The second-order valence-electron chi connectivity index (χ2n) is 6.55. The zero-order valence-corrected chi connectivity index (χ0v) is 15.7. The molecular formula is C20H20Cl2O4. The molecule has 4 nitrogen and oxygen atoms in total.